The third-order valence-corrected chi connectivity index (χ3v) is 5.27. The minimum Gasteiger partial charge on any atom is -0.508 e. The zero-order valence-corrected chi connectivity index (χ0v) is 12.8. The van der Waals surface area contributed by atoms with Crippen LogP contribution >= 0.6 is 0 Å². The smallest absolute Gasteiger partial charge is 0.115 e. The molecule has 0 amide bonds. The molecule has 1 heterocycles. The van der Waals surface area contributed by atoms with Crippen molar-refractivity contribution in [1.82, 2.24) is 4.90 Å². The van der Waals surface area contributed by atoms with E-state index in [1.165, 1.54) is 43.4 Å². The first kappa shape index (κ1) is 13.9. The molecule has 20 heavy (non-hydrogen) atoms. The van der Waals surface area contributed by atoms with E-state index in [4.69, 9.17) is 0 Å². The van der Waals surface area contributed by atoms with Gasteiger partial charge in [-0.1, -0.05) is 39.2 Å². The number of phenols is 1. The van der Waals surface area contributed by atoms with E-state index in [0.29, 0.717) is 11.8 Å². The van der Waals surface area contributed by atoms with E-state index in [9.17, 15) is 5.11 Å². The third kappa shape index (κ3) is 2.85. The second-order valence-electron chi connectivity index (χ2n) is 7.02. The second-order valence-corrected chi connectivity index (χ2v) is 7.02. The zero-order chi connectivity index (χ0) is 14.1. The Morgan fingerprint density at radius 3 is 2.70 bits per heavy atom. The van der Waals surface area contributed by atoms with E-state index in [-0.39, 0.29) is 0 Å². The topological polar surface area (TPSA) is 23.5 Å². The highest BCUT2D eigenvalue weighted by Gasteiger charge is 2.30. The molecule has 2 nitrogen and oxygen atoms in total. The molecule has 1 N–H and O–H groups in total. The Morgan fingerprint density at radius 1 is 1.25 bits per heavy atom. The summed E-state index contributed by atoms with van der Waals surface area (Å²) in [7, 11) is 0. The molecule has 1 fully saturated rings. The van der Waals surface area contributed by atoms with Gasteiger partial charge in [-0.3, -0.25) is 4.90 Å². The van der Waals surface area contributed by atoms with E-state index in [0.717, 1.165) is 24.8 Å². The lowest BCUT2D eigenvalue weighted by Gasteiger charge is -2.41. The molecule has 1 aliphatic carbocycles. The SMILES string of the molecule is CC(C)[C@@H](CC1CCC1)N1CCc2ccc(O)cc2C1. The molecule has 3 rings (SSSR count). The zero-order valence-electron chi connectivity index (χ0n) is 12.8. The van der Waals surface area contributed by atoms with E-state index >= 15 is 0 Å². The third-order valence-electron chi connectivity index (χ3n) is 5.27. The van der Waals surface area contributed by atoms with Crippen LogP contribution in [0.4, 0.5) is 0 Å². The quantitative estimate of drug-likeness (QED) is 0.897. The maximum atomic E-state index is 9.70. The van der Waals surface area contributed by atoms with Crippen LogP contribution in [0.3, 0.4) is 0 Å². The number of hydrogen-bond acceptors (Lipinski definition) is 2. The van der Waals surface area contributed by atoms with Crippen LogP contribution in [0.1, 0.15) is 50.7 Å². The van der Waals surface area contributed by atoms with Crippen molar-refractivity contribution in [2.24, 2.45) is 11.8 Å². The number of benzene rings is 1. The maximum absolute atomic E-state index is 9.70. The highest BCUT2D eigenvalue weighted by Crippen LogP contribution is 2.35. The Kier molecular flexibility index (Phi) is 4.02. The molecule has 1 atom stereocenters. The first-order valence-corrected chi connectivity index (χ1v) is 8.18. The lowest BCUT2D eigenvalue weighted by Crippen LogP contribution is -2.43. The molecule has 2 aliphatic rings. The predicted octanol–water partition coefficient (Wildman–Crippen LogP) is 3.97. The van der Waals surface area contributed by atoms with Gasteiger partial charge in [-0.25, -0.2) is 0 Å². The summed E-state index contributed by atoms with van der Waals surface area (Å²) in [5.41, 5.74) is 2.75. The Morgan fingerprint density at radius 2 is 2.05 bits per heavy atom. The normalized spacial score (nSPS) is 21.6. The van der Waals surface area contributed by atoms with Crippen LogP contribution in [-0.2, 0) is 13.0 Å². The van der Waals surface area contributed by atoms with Crippen LogP contribution < -0.4 is 0 Å². The van der Waals surface area contributed by atoms with Crippen molar-refractivity contribution in [2.45, 2.75) is 58.5 Å². The number of fused-ring (bicyclic) bond motifs is 1. The van der Waals surface area contributed by atoms with Crippen molar-refractivity contribution in [1.29, 1.82) is 0 Å². The number of nitrogens with zero attached hydrogens (tertiary/aromatic N) is 1. The summed E-state index contributed by atoms with van der Waals surface area (Å²) in [5.74, 6) is 2.09. The van der Waals surface area contributed by atoms with E-state index < -0.39 is 0 Å². The number of rotatable bonds is 4. The highest BCUT2D eigenvalue weighted by atomic mass is 16.3. The van der Waals surface area contributed by atoms with Crippen LogP contribution in [0.25, 0.3) is 0 Å². The van der Waals surface area contributed by atoms with E-state index in [2.05, 4.69) is 24.8 Å². The van der Waals surface area contributed by atoms with Crippen molar-refractivity contribution in [3.63, 3.8) is 0 Å². The van der Waals surface area contributed by atoms with Crippen LogP contribution in [0, 0.1) is 11.8 Å². The summed E-state index contributed by atoms with van der Waals surface area (Å²) in [6.07, 6.45) is 6.81. The summed E-state index contributed by atoms with van der Waals surface area (Å²) in [5, 5.41) is 9.70. The van der Waals surface area contributed by atoms with Gasteiger partial charge in [0.05, 0.1) is 0 Å². The van der Waals surface area contributed by atoms with E-state index in [1.54, 1.807) is 0 Å². The monoisotopic (exact) mass is 273 g/mol. The molecular formula is C18H27NO. The summed E-state index contributed by atoms with van der Waals surface area (Å²) in [4.78, 5) is 2.66. The van der Waals surface area contributed by atoms with Gasteiger partial charge in [-0.15, -0.1) is 0 Å². The molecule has 110 valence electrons. The molecule has 2 heteroatoms. The van der Waals surface area contributed by atoms with Crippen LogP contribution in [0.2, 0.25) is 0 Å². The maximum Gasteiger partial charge on any atom is 0.115 e. The molecule has 0 aromatic heterocycles. The summed E-state index contributed by atoms with van der Waals surface area (Å²) in [6.45, 7) is 6.91. The van der Waals surface area contributed by atoms with Gasteiger partial charge in [0, 0.05) is 19.1 Å². The molecule has 0 spiro atoms. The lowest BCUT2D eigenvalue weighted by molar-refractivity contribution is 0.0976. The molecule has 0 radical (unpaired) electrons. The molecule has 0 unspecified atom stereocenters. The highest BCUT2D eigenvalue weighted by molar-refractivity contribution is 5.36. The van der Waals surface area contributed by atoms with Gasteiger partial charge < -0.3 is 5.11 Å². The summed E-state index contributed by atoms with van der Waals surface area (Å²) < 4.78 is 0. The Labute approximate surface area is 122 Å². The van der Waals surface area contributed by atoms with Crippen molar-refractivity contribution >= 4 is 0 Å². The fraction of sp³-hybridized carbons (Fsp3) is 0.667. The van der Waals surface area contributed by atoms with Crippen molar-refractivity contribution in [2.75, 3.05) is 6.54 Å². The molecule has 1 saturated carbocycles. The molecule has 1 aromatic rings. The van der Waals surface area contributed by atoms with Gasteiger partial charge in [0.15, 0.2) is 0 Å². The van der Waals surface area contributed by atoms with Gasteiger partial charge in [0.1, 0.15) is 5.75 Å². The predicted molar refractivity (Wildman–Crippen MR) is 82.8 cm³/mol. The van der Waals surface area contributed by atoms with Gasteiger partial charge in [0.25, 0.3) is 0 Å². The average molecular weight is 273 g/mol. The largest absolute Gasteiger partial charge is 0.508 e. The minimum atomic E-state index is 0.408. The number of aromatic hydroxyl groups is 1. The molecule has 0 saturated heterocycles. The van der Waals surface area contributed by atoms with Crippen LogP contribution in [-0.4, -0.2) is 22.6 Å². The van der Waals surface area contributed by atoms with Gasteiger partial charge in [-0.05, 0) is 47.9 Å². The Bertz CT molecular complexity index is 464. The fourth-order valence-corrected chi connectivity index (χ4v) is 3.76. The number of hydrogen-bond donors (Lipinski definition) is 1. The molecule has 1 aromatic carbocycles. The fourth-order valence-electron chi connectivity index (χ4n) is 3.76. The Balaban J connectivity index is 1.72. The van der Waals surface area contributed by atoms with Gasteiger partial charge in [-0.2, -0.15) is 0 Å². The minimum absolute atomic E-state index is 0.408. The first-order chi connectivity index (χ1) is 9.63. The standard InChI is InChI=1S/C18H27NO/c1-13(2)18(10-14-4-3-5-14)19-9-8-15-6-7-17(20)11-16(15)12-19/h6-7,11,13-14,18,20H,3-5,8-10,12H2,1-2H3/t18-/m1/s1. The van der Waals surface area contributed by atoms with Crippen molar-refractivity contribution in [3.8, 4) is 5.75 Å². The second kappa shape index (κ2) is 5.77. The average Bonchev–Trinajstić information content (AvgIpc) is 2.36. The van der Waals surface area contributed by atoms with Crippen LogP contribution in [0.15, 0.2) is 18.2 Å². The summed E-state index contributed by atoms with van der Waals surface area (Å²) >= 11 is 0. The van der Waals surface area contributed by atoms with Gasteiger partial charge >= 0.3 is 0 Å². The molecule has 0 bridgehead atoms. The first-order valence-electron chi connectivity index (χ1n) is 8.18. The Hall–Kier alpha value is -1.02. The van der Waals surface area contributed by atoms with E-state index in [1.807, 2.05) is 12.1 Å². The van der Waals surface area contributed by atoms with Crippen LogP contribution in [0.5, 0.6) is 5.75 Å². The van der Waals surface area contributed by atoms with Gasteiger partial charge in [0.2, 0.25) is 0 Å². The molecule has 1 aliphatic heterocycles. The lowest BCUT2D eigenvalue weighted by atomic mass is 9.78. The summed E-state index contributed by atoms with van der Waals surface area (Å²) in [6, 6.07) is 6.58. The van der Waals surface area contributed by atoms with Crippen molar-refractivity contribution in [3.05, 3.63) is 29.3 Å². The number of phenolic OH excluding ortho intramolecular Hbond substituents is 1. The molecular weight excluding hydrogens is 246 g/mol. The van der Waals surface area contributed by atoms with Crippen molar-refractivity contribution < 1.29 is 5.11 Å².